The van der Waals surface area contributed by atoms with Gasteiger partial charge in [0, 0.05) is 6.04 Å². The Hall–Kier alpha value is -1.07. The van der Waals surface area contributed by atoms with Crippen LogP contribution in [0.2, 0.25) is 0 Å². The fraction of sp³-hybridized carbons (Fsp3) is 0.571. The van der Waals surface area contributed by atoms with Gasteiger partial charge in [-0.25, -0.2) is 0 Å². The highest BCUT2D eigenvalue weighted by Crippen LogP contribution is 2.36. The minimum atomic E-state index is -4.29. The number of benzene rings is 1. The first-order valence-corrected chi connectivity index (χ1v) is 6.55. The van der Waals surface area contributed by atoms with Crippen molar-refractivity contribution in [2.45, 2.75) is 44.8 Å². The first kappa shape index (κ1) is 14.3. The first-order valence-electron chi connectivity index (χ1n) is 6.55. The zero-order valence-electron chi connectivity index (χ0n) is 10.9. The Balaban J connectivity index is 2.18. The van der Waals surface area contributed by atoms with E-state index in [1.54, 1.807) is 13.0 Å². The van der Waals surface area contributed by atoms with Crippen molar-refractivity contribution in [2.75, 3.05) is 0 Å². The molecule has 1 saturated carbocycles. The van der Waals surface area contributed by atoms with Crippen molar-refractivity contribution in [3.8, 4) is 0 Å². The number of halogens is 3. The lowest BCUT2D eigenvalue weighted by Crippen LogP contribution is -2.31. The van der Waals surface area contributed by atoms with Crippen LogP contribution in [0.3, 0.4) is 0 Å². The van der Waals surface area contributed by atoms with Crippen LogP contribution in [0.4, 0.5) is 13.2 Å². The molecule has 1 unspecified atom stereocenters. The average molecular weight is 272 g/mol. The topological polar surface area (TPSA) is 38.0 Å². The fourth-order valence-corrected chi connectivity index (χ4v) is 2.59. The van der Waals surface area contributed by atoms with Crippen LogP contribution in [-0.2, 0) is 6.18 Å². The Morgan fingerprint density at radius 3 is 2.47 bits per heavy atom. The molecule has 0 aliphatic heterocycles. The van der Waals surface area contributed by atoms with E-state index in [-0.39, 0.29) is 6.04 Å². The quantitative estimate of drug-likeness (QED) is 0.647. The lowest BCUT2D eigenvalue weighted by molar-refractivity contribution is -0.137. The third-order valence-corrected chi connectivity index (χ3v) is 3.97. The second-order valence-electron chi connectivity index (χ2n) is 5.32. The Morgan fingerprint density at radius 1 is 1.37 bits per heavy atom. The number of hydrogen-bond acceptors (Lipinski definition) is 2. The molecule has 0 aromatic heterocycles. The Labute approximate surface area is 111 Å². The van der Waals surface area contributed by atoms with Gasteiger partial charge in [0.15, 0.2) is 0 Å². The van der Waals surface area contributed by atoms with Crippen LogP contribution in [0.1, 0.15) is 48.4 Å². The van der Waals surface area contributed by atoms with Gasteiger partial charge in [-0.15, -0.1) is 0 Å². The summed E-state index contributed by atoms with van der Waals surface area (Å²) in [7, 11) is 0. The molecule has 3 N–H and O–H groups in total. The summed E-state index contributed by atoms with van der Waals surface area (Å²) in [6.07, 6.45) is 0.231. The largest absolute Gasteiger partial charge is 0.416 e. The molecular formula is C14H19F3N2. The fourth-order valence-electron chi connectivity index (χ4n) is 2.59. The Morgan fingerprint density at radius 2 is 2.05 bits per heavy atom. The van der Waals surface area contributed by atoms with Gasteiger partial charge in [-0.2, -0.15) is 13.2 Å². The van der Waals surface area contributed by atoms with E-state index in [2.05, 4.69) is 5.43 Å². The molecule has 0 heterocycles. The highest BCUT2D eigenvalue weighted by Gasteiger charge is 2.31. The molecule has 0 spiro atoms. The number of hydrogen-bond donors (Lipinski definition) is 2. The molecule has 19 heavy (non-hydrogen) atoms. The van der Waals surface area contributed by atoms with Crippen LogP contribution < -0.4 is 11.3 Å². The maximum atomic E-state index is 12.6. The second-order valence-corrected chi connectivity index (χ2v) is 5.32. The van der Waals surface area contributed by atoms with Crippen LogP contribution in [0.15, 0.2) is 18.2 Å². The molecule has 0 saturated heterocycles. The summed E-state index contributed by atoms with van der Waals surface area (Å²) in [5.41, 5.74) is 3.63. The van der Waals surface area contributed by atoms with Crippen molar-refractivity contribution < 1.29 is 13.2 Å². The van der Waals surface area contributed by atoms with Crippen molar-refractivity contribution in [3.63, 3.8) is 0 Å². The van der Waals surface area contributed by atoms with Crippen LogP contribution in [0.5, 0.6) is 0 Å². The molecule has 5 heteroatoms. The number of nitrogens with two attached hydrogens (primary N) is 1. The zero-order chi connectivity index (χ0) is 14.0. The monoisotopic (exact) mass is 272 g/mol. The van der Waals surface area contributed by atoms with E-state index in [0.29, 0.717) is 11.5 Å². The zero-order valence-corrected chi connectivity index (χ0v) is 10.9. The molecule has 2 rings (SSSR count). The lowest BCUT2D eigenvalue weighted by Gasteiger charge is -2.30. The van der Waals surface area contributed by atoms with Crippen molar-refractivity contribution in [1.82, 2.24) is 5.43 Å². The summed E-state index contributed by atoms with van der Waals surface area (Å²) in [4.78, 5) is 0. The summed E-state index contributed by atoms with van der Waals surface area (Å²) in [6.45, 7) is 1.70. The number of rotatable bonds is 4. The molecule has 106 valence electrons. The summed E-state index contributed by atoms with van der Waals surface area (Å²) in [6, 6.07) is 3.81. The van der Waals surface area contributed by atoms with Gasteiger partial charge in [0.25, 0.3) is 0 Å². The molecule has 1 aliphatic carbocycles. The van der Waals surface area contributed by atoms with Crippen molar-refractivity contribution in [3.05, 3.63) is 34.9 Å². The molecule has 1 atom stereocenters. The van der Waals surface area contributed by atoms with Crippen LogP contribution in [-0.4, -0.2) is 0 Å². The van der Waals surface area contributed by atoms with Crippen LogP contribution in [0.25, 0.3) is 0 Å². The van der Waals surface area contributed by atoms with E-state index in [4.69, 9.17) is 5.84 Å². The third-order valence-electron chi connectivity index (χ3n) is 3.97. The van der Waals surface area contributed by atoms with Gasteiger partial charge in [-0.05, 0) is 42.5 Å². The minimum absolute atomic E-state index is 0.0624. The molecule has 1 aliphatic rings. The van der Waals surface area contributed by atoms with Gasteiger partial charge >= 0.3 is 6.18 Å². The molecule has 1 aromatic carbocycles. The van der Waals surface area contributed by atoms with Crippen molar-refractivity contribution in [2.24, 2.45) is 11.8 Å². The van der Waals surface area contributed by atoms with Gasteiger partial charge in [-0.1, -0.05) is 25.3 Å². The van der Waals surface area contributed by atoms with Crippen molar-refractivity contribution >= 4 is 0 Å². The van der Waals surface area contributed by atoms with Crippen LogP contribution >= 0.6 is 0 Å². The Kier molecular flexibility index (Phi) is 4.16. The molecule has 0 amide bonds. The van der Waals surface area contributed by atoms with Crippen LogP contribution in [0, 0.1) is 12.8 Å². The smallest absolute Gasteiger partial charge is 0.271 e. The maximum Gasteiger partial charge on any atom is 0.416 e. The normalized spacial score (nSPS) is 18.2. The molecule has 0 bridgehead atoms. The second kappa shape index (κ2) is 5.51. The number of hydrazine groups is 1. The summed E-state index contributed by atoms with van der Waals surface area (Å²) in [5.74, 6) is 6.19. The highest BCUT2D eigenvalue weighted by atomic mass is 19.4. The van der Waals surface area contributed by atoms with E-state index in [1.165, 1.54) is 25.3 Å². The van der Waals surface area contributed by atoms with E-state index >= 15 is 0 Å². The van der Waals surface area contributed by atoms with E-state index in [0.717, 1.165) is 18.1 Å². The number of alkyl halides is 3. The summed E-state index contributed by atoms with van der Waals surface area (Å²) >= 11 is 0. The van der Waals surface area contributed by atoms with Gasteiger partial charge in [0.1, 0.15) is 0 Å². The van der Waals surface area contributed by atoms with Gasteiger partial charge in [0.05, 0.1) is 5.56 Å². The molecule has 1 fully saturated rings. The first-order chi connectivity index (χ1) is 8.91. The standard InChI is InChI=1S/C14H19F3N2/c1-9-7-11(14(15,16)17)5-6-12(9)13(19-18)8-10-3-2-4-10/h5-7,10,13,19H,2-4,8,18H2,1H3. The molecule has 2 nitrogen and oxygen atoms in total. The van der Waals surface area contributed by atoms with E-state index in [9.17, 15) is 13.2 Å². The molecular weight excluding hydrogens is 253 g/mol. The third kappa shape index (κ3) is 3.28. The highest BCUT2D eigenvalue weighted by molar-refractivity contribution is 5.34. The van der Waals surface area contributed by atoms with Crippen molar-refractivity contribution in [1.29, 1.82) is 0 Å². The maximum absolute atomic E-state index is 12.6. The molecule has 0 radical (unpaired) electrons. The number of nitrogens with one attached hydrogen (secondary N) is 1. The SMILES string of the molecule is Cc1cc(C(F)(F)F)ccc1C(CC1CCC1)NN. The Bertz CT molecular complexity index is 439. The van der Waals surface area contributed by atoms with E-state index in [1.807, 2.05) is 0 Å². The van der Waals surface area contributed by atoms with Gasteiger partial charge < -0.3 is 0 Å². The van der Waals surface area contributed by atoms with E-state index < -0.39 is 11.7 Å². The molecule has 1 aromatic rings. The van der Waals surface area contributed by atoms with Gasteiger partial charge in [0.2, 0.25) is 0 Å². The van der Waals surface area contributed by atoms with Gasteiger partial charge in [-0.3, -0.25) is 11.3 Å². The minimum Gasteiger partial charge on any atom is -0.271 e. The predicted molar refractivity (Wildman–Crippen MR) is 68.2 cm³/mol. The lowest BCUT2D eigenvalue weighted by atomic mass is 9.79. The average Bonchev–Trinajstić information content (AvgIpc) is 2.28. The summed E-state index contributed by atoms with van der Waals surface area (Å²) in [5, 5.41) is 0. The predicted octanol–water partition coefficient (Wildman–Crippen LogP) is 3.71. The summed E-state index contributed by atoms with van der Waals surface area (Å²) < 4.78 is 37.8. The number of aryl methyl sites for hydroxylation is 1.